The molecule has 1 atom stereocenters. The number of aryl methyl sites for hydroxylation is 4. The lowest BCUT2D eigenvalue weighted by Gasteiger charge is -2.16. The zero-order valence-electron chi connectivity index (χ0n) is 12.7. The minimum atomic E-state index is 0.171. The maximum Gasteiger partial charge on any atom is 0.105 e. The summed E-state index contributed by atoms with van der Waals surface area (Å²) in [6.45, 7) is 6.03. The average Bonchev–Trinajstić information content (AvgIpc) is 2.87. The number of hydrogen-bond donors (Lipinski definition) is 1. The van der Waals surface area contributed by atoms with Gasteiger partial charge in [0.1, 0.15) is 11.5 Å². The van der Waals surface area contributed by atoms with Crippen LogP contribution in [-0.2, 0) is 19.9 Å². The molecule has 0 aliphatic rings. The fraction of sp³-hybridized carbons (Fsp3) is 0.533. The normalized spacial score (nSPS) is 12.9. The topological polar surface area (TPSA) is 43.0 Å². The standard InChI is InChI=1S/C15H22ClN3O/c1-6-12-15(16)14(19(5)18-12)8-13(17-4)11-7-9(2)20-10(11)3/h7,13,17H,6,8H2,1-5H3. The summed E-state index contributed by atoms with van der Waals surface area (Å²) in [5.41, 5.74) is 3.19. The molecule has 0 spiro atoms. The largest absolute Gasteiger partial charge is 0.466 e. The van der Waals surface area contributed by atoms with Crippen LogP contribution in [0, 0.1) is 13.8 Å². The van der Waals surface area contributed by atoms with E-state index in [9.17, 15) is 0 Å². The Morgan fingerprint density at radius 3 is 2.60 bits per heavy atom. The van der Waals surface area contributed by atoms with Gasteiger partial charge in [-0.3, -0.25) is 4.68 Å². The fourth-order valence-corrected chi connectivity index (χ4v) is 2.97. The van der Waals surface area contributed by atoms with Crippen LogP contribution in [0.5, 0.6) is 0 Å². The van der Waals surface area contributed by atoms with Crippen molar-refractivity contribution < 1.29 is 4.42 Å². The molecule has 0 radical (unpaired) electrons. The van der Waals surface area contributed by atoms with Crippen molar-refractivity contribution in [2.45, 2.75) is 39.7 Å². The lowest BCUT2D eigenvalue weighted by Crippen LogP contribution is -2.20. The van der Waals surface area contributed by atoms with E-state index in [4.69, 9.17) is 16.0 Å². The molecule has 1 unspecified atom stereocenters. The van der Waals surface area contributed by atoms with Crippen LogP contribution in [-0.4, -0.2) is 16.8 Å². The summed E-state index contributed by atoms with van der Waals surface area (Å²) in [4.78, 5) is 0. The summed E-state index contributed by atoms with van der Waals surface area (Å²) >= 11 is 6.43. The second-order valence-electron chi connectivity index (χ2n) is 5.10. The molecule has 0 amide bonds. The molecule has 20 heavy (non-hydrogen) atoms. The predicted octanol–water partition coefficient (Wildman–Crippen LogP) is 3.35. The van der Waals surface area contributed by atoms with Crippen LogP contribution in [0.25, 0.3) is 0 Å². The molecule has 0 aromatic carbocycles. The van der Waals surface area contributed by atoms with Crippen LogP contribution in [0.4, 0.5) is 0 Å². The predicted molar refractivity (Wildman–Crippen MR) is 81.3 cm³/mol. The molecule has 110 valence electrons. The number of hydrogen-bond acceptors (Lipinski definition) is 3. The third-order valence-corrected chi connectivity index (χ3v) is 4.14. The van der Waals surface area contributed by atoms with Crippen molar-refractivity contribution in [3.8, 4) is 0 Å². The Kier molecular flexibility index (Phi) is 4.55. The Morgan fingerprint density at radius 2 is 2.15 bits per heavy atom. The van der Waals surface area contributed by atoms with Gasteiger partial charge >= 0.3 is 0 Å². The molecule has 0 bridgehead atoms. The summed E-state index contributed by atoms with van der Waals surface area (Å²) in [6.07, 6.45) is 1.64. The SMILES string of the molecule is CCc1nn(C)c(CC(NC)c2cc(C)oc2C)c1Cl. The first-order valence-corrected chi connectivity index (χ1v) is 7.30. The summed E-state index contributed by atoms with van der Waals surface area (Å²) in [5, 5.41) is 8.60. The van der Waals surface area contributed by atoms with E-state index in [1.54, 1.807) is 0 Å². The highest BCUT2D eigenvalue weighted by Gasteiger charge is 2.21. The molecule has 0 fully saturated rings. The molecule has 0 saturated carbocycles. The molecule has 2 aromatic heterocycles. The van der Waals surface area contributed by atoms with Crippen LogP contribution >= 0.6 is 11.6 Å². The lowest BCUT2D eigenvalue weighted by atomic mass is 10.0. The smallest absolute Gasteiger partial charge is 0.105 e. The van der Waals surface area contributed by atoms with E-state index >= 15 is 0 Å². The Hall–Kier alpha value is -1.26. The van der Waals surface area contributed by atoms with Crippen molar-refractivity contribution in [2.75, 3.05) is 7.05 Å². The third-order valence-electron chi connectivity index (χ3n) is 3.70. The Bertz CT molecular complexity index is 601. The van der Waals surface area contributed by atoms with E-state index in [0.717, 1.165) is 40.8 Å². The van der Waals surface area contributed by atoms with Gasteiger partial charge in [-0.1, -0.05) is 18.5 Å². The van der Waals surface area contributed by atoms with Gasteiger partial charge in [0.2, 0.25) is 0 Å². The van der Waals surface area contributed by atoms with E-state index < -0.39 is 0 Å². The quantitative estimate of drug-likeness (QED) is 0.920. The summed E-state index contributed by atoms with van der Waals surface area (Å²) in [6, 6.07) is 2.26. The third kappa shape index (κ3) is 2.76. The van der Waals surface area contributed by atoms with E-state index in [1.807, 2.05) is 32.6 Å². The molecule has 2 heterocycles. The molecule has 0 aliphatic heterocycles. The zero-order chi connectivity index (χ0) is 14.9. The molecular formula is C15H22ClN3O. The maximum atomic E-state index is 6.43. The highest BCUT2D eigenvalue weighted by atomic mass is 35.5. The summed E-state index contributed by atoms with van der Waals surface area (Å²) in [7, 11) is 3.90. The fourth-order valence-electron chi connectivity index (χ4n) is 2.60. The molecule has 1 N–H and O–H groups in total. The van der Waals surface area contributed by atoms with E-state index in [2.05, 4.69) is 23.4 Å². The van der Waals surface area contributed by atoms with Gasteiger partial charge in [-0.05, 0) is 33.4 Å². The van der Waals surface area contributed by atoms with Crippen molar-refractivity contribution in [3.05, 3.63) is 39.6 Å². The highest BCUT2D eigenvalue weighted by molar-refractivity contribution is 6.31. The summed E-state index contributed by atoms with van der Waals surface area (Å²) < 4.78 is 7.51. The van der Waals surface area contributed by atoms with E-state index in [1.165, 1.54) is 5.56 Å². The number of nitrogens with one attached hydrogen (secondary N) is 1. The number of halogens is 1. The van der Waals surface area contributed by atoms with Crippen molar-refractivity contribution >= 4 is 11.6 Å². The number of rotatable bonds is 5. The van der Waals surface area contributed by atoms with Crippen LogP contribution < -0.4 is 5.32 Å². The zero-order valence-corrected chi connectivity index (χ0v) is 13.5. The van der Waals surface area contributed by atoms with Gasteiger partial charge in [0.25, 0.3) is 0 Å². The molecule has 5 heteroatoms. The Balaban J connectivity index is 2.31. The molecule has 0 saturated heterocycles. The first-order valence-electron chi connectivity index (χ1n) is 6.92. The monoisotopic (exact) mass is 295 g/mol. The molecule has 2 aromatic rings. The van der Waals surface area contributed by atoms with Crippen LogP contribution in [0.2, 0.25) is 5.02 Å². The minimum absolute atomic E-state index is 0.171. The van der Waals surface area contributed by atoms with Gasteiger partial charge < -0.3 is 9.73 Å². The first kappa shape index (κ1) is 15.1. The van der Waals surface area contributed by atoms with Gasteiger partial charge in [-0.25, -0.2) is 0 Å². The van der Waals surface area contributed by atoms with Crippen LogP contribution in [0.15, 0.2) is 10.5 Å². The minimum Gasteiger partial charge on any atom is -0.466 e. The van der Waals surface area contributed by atoms with Gasteiger partial charge in [0, 0.05) is 25.1 Å². The highest BCUT2D eigenvalue weighted by Crippen LogP contribution is 2.28. The van der Waals surface area contributed by atoms with Crippen molar-refractivity contribution in [1.29, 1.82) is 0 Å². The Labute approximate surface area is 125 Å². The average molecular weight is 296 g/mol. The molecular weight excluding hydrogens is 274 g/mol. The first-order chi connectivity index (χ1) is 9.47. The molecule has 2 rings (SSSR count). The van der Waals surface area contributed by atoms with Crippen molar-refractivity contribution in [3.63, 3.8) is 0 Å². The number of aromatic nitrogens is 2. The van der Waals surface area contributed by atoms with Gasteiger partial charge in [0.05, 0.1) is 16.4 Å². The van der Waals surface area contributed by atoms with Crippen LogP contribution in [0.3, 0.4) is 0 Å². The number of likely N-dealkylation sites (N-methyl/N-ethyl adjacent to an activating group) is 1. The van der Waals surface area contributed by atoms with Gasteiger partial charge in [0.15, 0.2) is 0 Å². The van der Waals surface area contributed by atoms with E-state index in [-0.39, 0.29) is 6.04 Å². The maximum absolute atomic E-state index is 6.43. The van der Waals surface area contributed by atoms with Gasteiger partial charge in [-0.2, -0.15) is 5.10 Å². The van der Waals surface area contributed by atoms with Crippen molar-refractivity contribution in [1.82, 2.24) is 15.1 Å². The van der Waals surface area contributed by atoms with Crippen molar-refractivity contribution in [2.24, 2.45) is 7.05 Å². The van der Waals surface area contributed by atoms with Gasteiger partial charge in [-0.15, -0.1) is 0 Å². The summed E-state index contributed by atoms with van der Waals surface area (Å²) in [5.74, 6) is 1.89. The number of furan rings is 1. The second kappa shape index (κ2) is 6.02. The second-order valence-corrected chi connectivity index (χ2v) is 5.48. The molecule has 0 aliphatic carbocycles. The lowest BCUT2D eigenvalue weighted by molar-refractivity contribution is 0.487. The number of nitrogens with zero attached hydrogens (tertiary/aromatic N) is 2. The van der Waals surface area contributed by atoms with Crippen LogP contribution in [0.1, 0.15) is 41.4 Å². The Morgan fingerprint density at radius 1 is 1.45 bits per heavy atom. The molecule has 4 nitrogen and oxygen atoms in total. The van der Waals surface area contributed by atoms with E-state index in [0.29, 0.717) is 0 Å².